The van der Waals surface area contributed by atoms with Crippen LogP contribution in [-0.2, 0) is 6.54 Å². The van der Waals surface area contributed by atoms with Gasteiger partial charge in [-0.3, -0.25) is 4.79 Å². The maximum Gasteiger partial charge on any atom is 0.253 e. The highest BCUT2D eigenvalue weighted by Crippen LogP contribution is 2.27. The number of pyridine rings is 1. The molecule has 8 heteroatoms. The molecule has 0 bridgehead atoms. The monoisotopic (exact) mass is 399 g/mol. The van der Waals surface area contributed by atoms with Crippen molar-refractivity contribution in [1.82, 2.24) is 10.3 Å². The number of rotatable bonds is 7. The number of hydrogen-bond acceptors (Lipinski definition) is 5. The molecule has 3 aromatic rings. The first-order valence-electron chi connectivity index (χ1n) is 8.68. The van der Waals surface area contributed by atoms with Crippen molar-refractivity contribution < 1.29 is 23.0 Å². The molecule has 0 unspecified atom stereocenters. The zero-order chi connectivity index (χ0) is 20.8. The number of carbonyl (C=O) groups excluding carboxylic acids is 1. The van der Waals surface area contributed by atoms with E-state index in [-0.39, 0.29) is 24.0 Å². The van der Waals surface area contributed by atoms with Gasteiger partial charge in [0.25, 0.3) is 5.91 Å². The minimum atomic E-state index is -0.733. The number of benzene rings is 2. The normalized spacial score (nSPS) is 10.3. The number of aromatic nitrogens is 1. The molecular weight excluding hydrogens is 380 g/mol. The van der Waals surface area contributed by atoms with Crippen LogP contribution < -0.4 is 20.1 Å². The van der Waals surface area contributed by atoms with Crippen molar-refractivity contribution in [3.8, 4) is 11.5 Å². The van der Waals surface area contributed by atoms with Gasteiger partial charge < -0.3 is 20.1 Å². The summed E-state index contributed by atoms with van der Waals surface area (Å²) in [5, 5.41) is 5.35. The molecule has 1 heterocycles. The van der Waals surface area contributed by atoms with E-state index in [4.69, 9.17) is 9.47 Å². The van der Waals surface area contributed by atoms with Gasteiger partial charge in [0, 0.05) is 12.7 Å². The highest BCUT2D eigenvalue weighted by molar-refractivity contribution is 5.94. The van der Waals surface area contributed by atoms with Crippen LogP contribution in [0.3, 0.4) is 0 Å². The zero-order valence-corrected chi connectivity index (χ0v) is 15.8. The van der Waals surface area contributed by atoms with Gasteiger partial charge in [-0.1, -0.05) is 12.1 Å². The topological polar surface area (TPSA) is 72.5 Å². The number of anilines is 2. The van der Waals surface area contributed by atoms with Crippen molar-refractivity contribution in [3.63, 3.8) is 0 Å². The second kappa shape index (κ2) is 9.01. The van der Waals surface area contributed by atoms with E-state index < -0.39 is 11.6 Å². The van der Waals surface area contributed by atoms with Crippen molar-refractivity contribution in [3.05, 3.63) is 77.5 Å². The van der Waals surface area contributed by atoms with Gasteiger partial charge in [-0.15, -0.1) is 0 Å². The Morgan fingerprint density at radius 1 is 1.00 bits per heavy atom. The molecule has 0 aliphatic rings. The first-order chi connectivity index (χ1) is 14.0. The molecule has 150 valence electrons. The third-order valence-corrected chi connectivity index (χ3v) is 4.14. The lowest BCUT2D eigenvalue weighted by Gasteiger charge is -2.11. The van der Waals surface area contributed by atoms with Crippen LogP contribution in [0.1, 0.15) is 15.9 Å². The summed E-state index contributed by atoms with van der Waals surface area (Å²) in [5.41, 5.74) is 0.841. The Bertz CT molecular complexity index is 990. The molecule has 0 aliphatic carbocycles. The average Bonchev–Trinajstić information content (AvgIpc) is 2.75. The van der Waals surface area contributed by atoms with Crippen LogP contribution in [0.5, 0.6) is 11.5 Å². The maximum atomic E-state index is 13.7. The molecule has 2 aromatic carbocycles. The molecule has 2 N–H and O–H groups in total. The highest BCUT2D eigenvalue weighted by atomic mass is 19.1. The Hall–Kier alpha value is -3.68. The van der Waals surface area contributed by atoms with Crippen molar-refractivity contribution in [1.29, 1.82) is 0 Å². The first-order valence-corrected chi connectivity index (χ1v) is 8.68. The minimum absolute atomic E-state index is 0.213. The molecule has 0 aliphatic heterocycles. The average molecular weight is 399 g/mol. The number of para-hydroxylation sites is 1. The van der Waals surface area contributed by atoms with E-state index in [1.54, 1.807) is 19.2 Å². The van der Waals surface area contributed by atoms with Crippen molar-refractivity contribution in [2.45, 2.75) is 6.54 Å². The summed E-state index contributed by atoms with van der Waals surface area (Å²) < 4.78 is 37.8. The predicted octanol–water partition coefficient (Wildman–Crippen LogP) is 4.05. The fourth-order valence-corrected chi connectivity index (χ4v) is 2.62. The molecule has 3 rings (SSSR count). The van der Waals surface area contributed by atoms with Crippen molar-refractivity contribution in [2.24, 2.45) is 0 Å². The van der Waals surface area contributed by atoms with Gasteiger partial charge in [-0.2, -0.15) is 0 Å². The third kappa shape index (κ3) is 4.78. The molecule has 0 saturated carbocycles. The fourth-order valence-electron chi connectivity index (χ4n) is 2.62. The summed E-state index contributed by atoms with van der Waals surface area (Å²) in [6.07, 6.45) is 1.32. The van der Waals surface area contributed by atoms with E-state index in [1.807, 2.05) is 6.07 Å². The van der Waals surface area contributed by atoms with Gasteiger partial charge in [0.1, 0.15) is 23.1 Å². The summed E-state index contributed by atoms with van der Waals surface area (Å²) in [6.45, 7) is 0.277. The van der Waals surface area contributed by atoms with E-state index in [0.717, 1.165) is 17.7 Å². The Balaban J connectivity index is 1.63. The summed E-state index contributed by atoms with van der Waals surface area (Å²) in [6, 6.07) is 11.9. The molecule has 29 heavy (non-hydrogen) atoms. The van der Waals surface area contributed by atoms with Crippen LogP contribution in [0.2, 0.25) is 0 Å². The number of nitrogens with zero attached hydrogens (tertiary/aromatic N) is 1. The minimum Gasteiger partial charge on any atom is -0.493 e. The van der Waals surface area contributed by atoms with Gasteiger partial charge in [0.15, 0.2) is 11.5 Å². The zero-order valence-electron chi connectivity index (χ0n) is 15.8. The molecule has 0 spiro atoms. The Morgan fingerprint density at radius 3 is 2.34 bits per heavy atom. The van der Waals surface area contributed by atoms with Gasteiger partial charge >= 0.3 is 0 Å². The molecule has 6 nitrogen and oxygen atoms in total. The number of carbonyl (C=O) groups is 1. The van der Waals surface area contributed by atoms with E-state index in [0.29, 0.717) is 17.1 Å². The highest BCUT2D eigenvalue weighted by Gasteiger charge is 2.11. The smallest absolute Gasteiger partial charge is 0.253 e. The Labute approximate surface area is 166 Å². The quantitative estimate of drug-likeness (QED) is 0.627. The van der Waals surface area contributed by atoms with Crippen molar-refractivity contribution >= 4 is 17.4 Å². The summed E-state index contributed by atoms with van der Waals surface area (Å²) in [4.78, 5) is 16.4. The lowest BCUT2D eigenvalue weighted by Crippen LogP contribution is -2.23. The molecule has 1 amide bonds. The molecule has 0 saturated heterocycles. The van der Waals surface area contributed by atoms with Crippen LogP contribution in [-0.4, -0.2) is 25.1 Å². The number of ether oxygens (including phenoxy) is 2. The lowest BCUT2D eigenvalue weighted by atomic mass is 10.2. The van der Waals surface area contributed by atoms with E-state index in [9.17, 15) is 13.6 Å². The number of halogens is 2. The summed E-state index contributed by atoms with van der Waals surface area (Å²) >= 11 is 0. The van der Waals surface area contributed by atoms with Crippen LogP contribution >= 0.6 is 0 Å². The van der Waals surface area contributed by atoms with E-state index in [2.05, 4.69) is 15.6 Å². The first kappa shape index (κ1) is 20.1. The fraction of sp³-hybridized carbons (Fsp3) is 0.143. The van der Waals surface area contributed by atoms with E-state index >= 15 is 0 Å². The van der Waals surface area contributed by atoms with E-state index in [1.165, 1.54) is 31.5 Å². The Kier molecular flexibility index (Phi) is 6.23. The third-order valence-electron chi connectivity index (χ3n) is 4.14. The number of hydrogen-bond donors (Lipinski definition) is 2. The number of amides is 1. The second-order valence-electron chi connectivity index (χ2n) is 6.03. The van der Waals surface area contributed by atoms with Crippen LogP contribution in [0.4, 0.5) is 20.3 Å². The van der Waals surface area contributed by atoms with Gasteiger partial charge in [0.2, 0.25) is 0 Å². The Morgan fingerprint density at radius 2 is 1.72 bits per heavy atom. The summed E-state index contributed by atoms with van der Waals surface area (Å²) in [5.74, 6) is -0.425. The molecule has 1 aromatic heterocycles. The van der Waals surface area contributed by atoms with Crippen LogP contribution in [0.15, 0.2) is 54.7 Å². The molecule has 0 atom stereocenters. The molecule has 0 radical (unpaired) electrons. The number of nitrogens with one attached hydrogen (secondary N) is 2. The van der Waals surface area contributed by atoms with Crippen LogP contribution in [0, 0.1) is 11.6 Å². The standard InChI is InChI=1S/C21H19F2N3O3/c1-28-17-8-6-13(10-18(17)29-2)11-25-21(27)14-7-9-19(24-12-14)26-20-15(22)4-3-5-16(20)23/h3-10,12H,11H2,1-2H3,(H,24,26)(H,25,27). The van der Waals surface area contributed by atoms with Gasteiger partial charge in [-0.05, 0) is 42.0 Å². The van der Waals surface area contributed by atoms with Gasteiger partial charge in [-0.25, -0.2) is 13.8 Å². The second-order valence-corrected chi connectivity index (χ2v) is 6.03. The van der Waals surface area contributed by atoms with Crippen molar-refractivity contribution in [2.75, 3.05) is 19.5 Å². The largest absolute Gasteiger partial charge is 0.493 e. The molecular formula is C21H19F2N3O3. The number of methoxy groups -OCH3 is 2. The lowest BCUT2D eigenvalue weighted by molar-refractivity contribution is 0.0950. The summed E-state index contributed by atoms with van der Waals surface area (Å²) in [7, 11) is 3.08. The van der Waals surface area contributed by atoms with Crippen LogP contribution in [0.25, 0.3) is 0 Å². The van der Waals surface area contributed by atoms with Gasteiger partial charge in [0.05, 0.1) is 19.8 Å². The predicted molar refractivity (Wildman–Crippen MR) is 105 cm³/mol. The maximum absolute atomic E-state index is 13.7. The molecule has 0 fully saturated rings. The SMILES string of the molecule is COc1ccc(CNC(=O)c2ccc(Nc3c(F)cccc3F)nc2)cc1OC.